The number of carbonyl (C=O) groups is 1. The van der Waals surface area contributed by atoms with Crippen LogP contribution in [0.25, 0.3) is 6.08 Å². The molecule has 2 bridgehead atoms. The van der Waals surface area contributed by atoms with E-state index in [0.29, 0.717) is 18.1 Å². The number of carbonyl (C=O) groups excluding carboxylic acids is 1. The third-order valence-corrected chi connectivity index (χ3v) is 5.68. The van der Waals surface area contributed by atoms with E-state index in [1.54, 1.807) is 17.4 Å². The van der Waals surface area contributed by atoms with Crippen LogP contribution in [0.15, 0.2) is 42.3 Å². The van der Waals surface area contributed by atoms with E-state index in [9.17, 15) is 4.79 Å². The summed E-state index contributed by atoms with van der Waals surface area (Å²) >= 11 is 1.66. The van der Waals surface area contributed by atoms with Gasteiger partial charge in [0.05, 0.1) is 6.33 Å². The molecule has 2 fully saturated rings. The highest BCUT2D eigenvalue weighted by Crippen LogP contribution is 2.40. The zero-order chi connectivity index (χ0) is 14.9. The second-order valence-electron chi connectivity index (χ2n) is 6.11. The van der Waals surface area contributed by atoms with Crippen molar-refractivity contribution in [2.24, 2.45) is 0 Å². The fraction of sp³-hybridized carbons (Fsp3) is 0.412. The molecule has 0 N–H and O–H groups in total. The van der Waals surface area contributed by atoms with E-state index >= 15 is 0 Å². The minimum atomic E-state index is 0.171. The molecule has 1 amide bonds. The van der Waals surface area contributed by atoms with Crippen LogP contribution in [0.4, 0.5) is 0 Å². The molecule has 0 aliphatic carbocycles. The Kier molecular flexibility index (Phi) is 3.58. The molecule has 22 heavy (non-hydrogen) atoms. The quantitative estimate of drug-likeness (QED) is 0.815. The summed E-state index contributed by atoms with van der Waals surface area (Å²) in [5.41, 5.74) is 0. The summed E-state index contributed by atoms with van der Waals surface area (Å²) in [5.74, 6) is 0.171. The van der Waals surface area contributed by atoms with Crippen molar-refractivity contribution in [3.05, 3.63) is 47.2 Å². The largest absolute Gasteiger partial charge is 0.334 e. The van der Waals surface area contributed by atoms with E-state index in [0.717, 1.165) is 30.6 Å². The molecule has 2 unspecified atom stereocenters. The van der Waals surface area contributed by atoms with Crippen molar-refractivity contribution in [1.82, 2.24) is 14.5 Å². The molecule has 0 spiro atoms. The fourth-order valence-corrected chi connectivity index (χ4v) is 4.48. The Bertz CT molecular complexity index is 648. The molecule has 2 aliphatic heterocycles. The number of fused-ring (bicyclic) bond motifs is 2. The lowest BCUT2D eigenvalue weighted by molar-refractivity contribution is -0.130. The average molecular weight is 313 g/mol. The van der Waals surface area contributed by atoms with E-state index in [1.807, 2.05) is 42.3 Å². The van der Waals surface area contributed by atoms with Gasteiger partial charge in [-0.05, 0) is 43.2 Å². The van der Waals surface area contributed by atoms with Crippen LogP contribution < -0.4 is 0 Å². The molecule has 5 heteroatoms. The lowest BCUT2D eigenvalue weighted by Gasteiger charge is -2.38. The van der Waals surface area contributed by atoms with Crippen LogP contribution >= 0.6 is 11.3 Å². The standard InChI is InChI=1S/C17H19N3OS/c21-17(6-5-16-2-1-9-22-16)20-13-3-4-14(20)11-15(10-13)19-8-7-18-12-19/h1-2,5-9,12-15H,3-4,10-11H2. The SMILES string of the molecule is O=C(C=Cc1cccs1)N1C2CCC1CC(n1ccnc1)C2. The van der Waals surface area contributed by atoms with Crippen molar-refractivity contribution < 1.29 is 4.79 Å². The summed E-state index contributed by atoms with van der Waals surface area (Å²) in [4.78, 5) is 20.0. The second-order valence-corrected chi connectivity index (χ2v) is 7.09. The van der Waals surface area contributed by atoms with Gasteiger partial charge in [-0.15, -0.1) is 11.3 Å². The van der Waals surface area contributed by atoms with Crippen molar-refractivity contribution in [3.63, 3.8) is 0 Å². The Hall–Kier alpha value is -1.88. The van der Waals surface area contributed by atoms with Gasteiger partial charge in [-0.2, -0.15) is 0 Å². The van der Waals surface area contributed by atoms with Crippen LogP contribution in [0, 0.1) is 0 Å². The number of hydrogen-bond acceptors (Lipinski definition) is 3. The van der Waals surface area contributed by atoms with Crippen molar-refractivity contribution in [2.75, 3.05) is 0 Å². The maximum Gasteiger partial charge on any atom is 0.247 e. The normalized spacial score (nSPS) is 27.6. The predicted molar refractivity (Wildman–Crippen MR) is 87.5 cm³/mol. The highest BCUT2D eigenvalue weighted by molar-refractivity contribution is 7.10. The van der Waals surface area contributed by atoms with Crippen molar-refractivity contribution >= 4 is 23.3 Å². The Morgan fingerprint density at radius 2 is 2.09 bits per heavy atom. The molecule has 2 saturated heterocycles. The van der Waals surface area contributed by atoms with E-state index in [4.69, 9.17) is 0 Å². The summed E-state index contributed by atoms with van der Waals surface area (Å²) in [6.07, 6.45) is 13.8. The molecular formula is C17H19N3OS. The molecule has 4 nitrogen and oxygen atoms in total. The first-order valence-corrected chi connectivity index (χ1v) is 8.70. The first-order valence-electron chi connectivity index (χ1n) is 7.82. The van der Waals surface area contributed by atoms with Crippen molar-refractivity contribution in [2.45, 2.75) is 43.8 Å². The molecule has 4 heterocycles. The van der Waals surface area contributed by atoms with Gasteiger partial charge in [-0.25, -0.2) is 4.98 Å². The maximum absolute atomic E-state index is 12.6. The van der Waals surface area contributed by atoms with Gasteiger partial charge >= 0.3 is 0 Å². The van der Waals surface area contributed by atoms with E-state index in [-0.39, 0.29) is 5.91 Å². The van der Waals surface area contributed by atoms with Gasteiger partial charge in [0.2, 0.25) is 5.91 Å². The van der Waals surface area contributed by atoms with Crippen LogP contribution in [-0.4, -0.2) is 32.4 Å². The number of piperidine rings is 1. The average Bonchev–Trinajstić information content (AvgIpc) is 3.25. The monoisotopic (exact) mass is 313 g/mol. The van der Waals surface area contributed by atoms with Crippen molar-refractivity contribution in [3.8, 4) is 0 Å². The number of nitrogens with zero attached hydrogens (tertiary/aromatic N) is 3. The van der Waals surface area contributed by atoms with Crippen LogP contribution in [0.1, 0.15) is 36.6 Å². The number of thiophene rings is 1. The minimum absolute atomic E-state index is 0.171. The molecule has 0 radical (unpaired) electrons. The number of amides is 1. The van der Waals surface area contributed by atoms with E-state index in [2.05, 4.69) is 14.5 Å². The third-order valence-electron chi connectivity index (χ3n) is 4.84. The van der Waals surface area contributed by atoms with Gasteiger partial charge in [-0.1, -0.05) is 6.07 Å². The number of hydrogen-bond donors (Lipinski definition) is 0. The van der Waals surface area contributed by atoms with Crippen LogP contribution in [0.3, 0.4) is 0 Å². The summed E-state index contributed by atoms with van der Waals surface area (Å²) < 4.78 is 2.20. The van der Waals surface area contributed by atoms with Crippen molar-refractivity contribution in [1.29, 1.82) is 0 Å². The van der Waals surface area contributed by atoms with Gasteiger partial charge in [-0.3, -0.25) is 4.79 Å². The first kappa shape index (κ1) is 13.8. The first-order chi connectivity index (χ1) is 10.8. The van der Waals surface area contributed by atoms with Gasteiger partial charge in [0.25, 0.3) is 0 Å². The van der Waals surface area contributed by atoms with Gasteiger partial charge in [0.1, 0.15) is 0 Å². The number of imidazole rings is 1. The molecule has 2 atom stereocenters. The lowest BCUT2D eigenvalue weighted by atomic mass is 9.97. The molecule has 0 saturated carbocycles. The second kappa shape index (κ2) is 5.72. The zero-order valence-electron chi connectivity index (χ0n) is 12.3. The Morgan fingerprint density at radius 1 is 1.27 bits per heavy atom. The number of rotatable bonds is 3. The molecule has 2 aromatic heterocycles. The van der Waals surface area contributed by atoms with Gasteiger partial charge < -0.3 is 9.47 Å². The van der Waals surface area contributed by atoms with E-state index < -0.39 is 0 Å². The molecule has 2 aliphatic rings. The lowest BCUT2D eigenvalue weighted by Crippen LogP contribution is -2.46. The van der Waals surface area contributed by atoms with Crippen LogP contribution in [0.5, 0.6) is 0 Å². The highest BCUT2D eigenvalue weighted by atomic mass is 32.1. The van der Waals surface area contributed by atoms with Crippen LogP contribution in [-0.2, 0) is 4.79 Å². The number of aromatic nitrogens is 2. The molecule has 4 rings (SSSR count). The molecule has 2 aromatic rings. The summed E-state index contributed by atoms with van der Waals surface area (Å²) in [6, 6.07) is 5.30. The topological polar surface area (TPSA) is 38.1 Å². The smallest absolute Gasteiger partial charge is 0.247 e. The summed E-state index contributed by atoms with van der Waals surface area (Å²) in [6.45, 7) is 0. The Balaban J connectivity index is 1.47. The van der Waals surface area contributed by atoms with Gasteiger partial charge in [0.15, 0.2) is 0 Å². The third kappa shape index (κ3) is 2.50. The molecular weight excluding hydrogens is 294 g/mol. The summed E-state index contributed by atoms with van der Waals surface area (Å²) in [5, 5.41) is 2.03. The minimum Gasteiger partial charge on any atom is -0.334 e. The summed E-state index contributed by atoms with van der Waals surface area (Å²) in [7, 11) is 0. The molecule has 114 valence electrons. The Morgan fingerprint density at radius 3 is 2.73 bits per heavy atom. The zero-order valence-corrected chi connectivity index (χ0v) is 13.2. The van der Waals surface area contributed by atoms with E-state index in [1.165, 1.54) is 0 Å². The van der Waals surface area contributed by atoms with Gasteiger partial charge in [0, 0.05) is 41.5 Å². The molecule has 0 aromatic carbocycles. The fourth-order valence-electron chi connectivity index (χ4n) is 3.86. The maximum atomic E-state index is 12.6. The Labute approximate surface area is 134 Å². The van der Waals surface area contributed by atoms with Crippen LogP contribution in [0.2, 0.25) is 0 Å². The highest BCUT2D eigenvalue weighted by Gasteiger charge is 2.42. The predicted octanol–water partition coefficient (Wildman–Crippen LogP) is 3.35.